The molecule has 2 aromatic carbocycles. The third kappa shape index (κ3) is 4.74. The van der Waals surface area contributed by atoms with Gasteiger partial charge in [-0.05, 0) is 55.0 Å². The van der Waals surface area contributed by atoms with Crippen molar-refractivity contribution in [2.75, 3.05) is 17.2 Å². The monoisotopic (exact) mass is 564 g/mol. The van der Waals surface area contributed by atoms with Gasteiger partial charge in [0.05, 0.1) is 34.0 Å². The number of H-pyrrole nitrogens is 1. The predicted molar refractivity (Wildman–Crippen MR) is 154 cm³/mol. The second-order valence-electron chi connectivity index (χ2n) is 11.8. The molecule has 11 heteroatoms. The largest absolute Gasteiger partial charge is 0.384 e. The first kappa shape index (κ1) is 26.4. The van der Waals surface area contributed by atoms with Gasteiger partial charge in [-0.15, -0.1) is 5.10 Å². The fourth-order valence-electron chi connectivity index (χ4n) is 5.10. The number of rotatable bonds is 8. The van der Waals surface area contributed by atoms with Gasteiger partial charge in [-0.25, -0.2) is 13.5 Å². The van der Waals surface area contributed by atoms with E-state index in [2.05, 4.69) is 56.9 Å². The van der Waals surface area contributed by atoms with Crippen molar-refractivity contribution >= 4 is 44.8 Å². The molecule has 1 aliphatic rings. The maximum Gasteiger partial charge on any atom is 0.263 e. The highest BCUT2D eigenvalue weighted by Gasteiger charge is 2.54. The summed E-state index contributed by atoms with van der Waals surface area (Å²) in [6, 6.07) is 11.1. The minimum atomic E-state index is -2.51. The van der Waals surface area contributed by atoms with Crippen LogP contribution in [0.15, 0.2) is 48.8 Å². The zero-order valence-corrected chi connectivity index (χ0v) is 23.5. The van der Waals surface area contributed by atoms with Gasteiger partial charge in [-0.1, -0.05) is 49.7 Å². The SMILES string of the molecule is Cc1n[nH]c2cccc([C@H](Nc3cc(Cl)c4nccc(NCC(C)(C)C)c4c3)c3cn(C4(C(F)F)CC4)nn3)c12. The first-order valence-electron chi connectivity index (χ1n) is 13.3. The molecule has 208 valence electrons. The van der Waals surface area contributed by atoms with Gasteiger partial charge in [0.15, 0.2) is 0 Å². The first-order chi connectivity index (χ1) is 19.1. The van der Waals surface area contributed by atoms with Crippen molar-refractivity contribution in [1.29, 1.82) is 0 Å². The van der Waals surface area contributed by atoms with E-state index < -0.39 is 18.0 Å². The van der Waals surface area contributed by atoms with E-state index in [0.717, 1.165) is 45.5 Å². The molecular weight excluding hydrogens is 534 g/mol. The lowest BCUT2D eigenvalue weighted by Gasteiger charge is -2.22. The number of halogens is 3. The van der Waals surface area contributed by atoms with Crippen LogP contribution in [0.1, 0.15) is 56.6 Å². The van der Waals surface area contributed by atoms with E-state index >= 15 is 0 Å². The lowest BCUT2D eigenvalue weighted by molar-refractivity contribution is 0.0593. The Bertz CT molecular complexity index is 1700. The number of nitrogens with zero attached hydrogens (tertiary/aromatic N) is 5. The van der Waals surface area contributed by atoms with Gasteiger partial charge in [0, 0.05) is 34.9 Å². The number of fused-ring (bicyclic) bond motifs is 2. The van der Waals surface area contributed by atoms with E-state index in [1.54, 1.807) is 12.4 Å². The van der Waals surface area contributed by atoms with E-state index in [4.69, 9.17) is 11.6 Å². The molecule has 0 amide bonds. The van der Waals surface area contributed by atoms with Crippen LogP contribution in [0, 0.1) is 12.3 Å². The first-order valence-corrected chi connectivity index (χ1v) is 13.7. The Kier molecular flexibility index (Phi) is 6.40. The van der Waals surface area contributed by atoms with Crippen molar-refractivity contribution in [1.82, 2.24) is 30.2 Å². The normalized spacial score (nSPS) is 15.6. The average Bonchev–Trinajstić information content (AvgIpc) is 3.43. The maximum atomic E-state index is 13.9. The lowest BCUT2D eigenvalue weighted by Crippen LogP contribution is -2.26. The highest BCUT2D eigenvalue weighted by atomic mass is 35.5. The highest BCUT2D eigenvalue weighted by Crippen LogP contribution is 2.48. The third-order valence-corrected chi connectivity index (χ3v) is 7.75. The van der Waals surface area contributed by atoms with Gasteiger partial charge in [-0.3, -0.25) is 10.1 Å². The van der Waals surface area contributed by atoms with Gasteiger partial charge >= 0.3 is 0 Å². The molecule has 1 fully saturated rings. The maximum absolute atomic E-state index is 13.9. The molecule has 0 bridgehead atoms. The Hall–Kier alpha value is -3.79. The van der Waals surface area contributed by atoms with Crippen molar-refractivity contribution < 1.29 is 8.78 Å². The number of anilines is 2. The zero-order valence-electron chi connectivity index (χ0n) is 22.8. The topological polar surface area (TPSA) is 96.3 Å². The number of hydrogen-bond donors (Lipinski definition) is 3. The second kappa shape index (κ2) is 9.69. The summed E-state index contributed by atoms with van der Waals surface area (Å²) in [5, 5.41) is 25.4. The lowest BCUT2D eigenvalue weighted by atomic mass is 9.96. The minimum Gasteiger partial charge on any atom is -0.384 e. The number of aryl methyl sites for hydroxylation is 1. The van der Waals surface area contributed by atoms with E-state index in [-0.39, 0.29) is 5.41 Å². The van der Waals surface area contributed by atoms with Crippen LogP contribution in [0.25, 0.3) is 21.8 Å². The van der Waals surface area contributed by atoms with Crippen molar-refractivity contribution in [3.8, 4) is 0 Å². The quantitative estimate of drug-likeness (QED) is 0.186. The summed E-state index contributed by atoms with van der Waals surface area (Å²) in [6.45, 7) is 9.19. The number of alkyl halides is 2. The molecule has 1 aliphatic carbocycles. The molecule has 0 aliphatic heterocycles. The molecule has 0 saturated heterocycles. The fraction of sp³-hybridized carbons (Fsp3) is 0.379. The van der Waals surface area contributed by atoms with Gasteiger partial charge in [0.1, 0.15) is 11.2 Å². The minimum absolute atomic E-state index is 0.0739. The summed E-state index contributed by atoms with van der Waals surface area (Å²) < 4.78 is 29.1. The van der Waals surface area contributed by atoms with Crippen LogP contribution >= 0.6 is 11.6 Å². The predicted octanol–water partition coefficient (Wildman–Crippen LogP) is 7.08. The molecule has 3 N–H and O–H groups in total. The Morgan fingerprint density at radius 2 is 1.98 bits per heavy atom. The van der Waals surface area contributed by atoms with Gasteiger partial charge in [0.25, 0.3) is 6.43 Å². The molecule has 3 heterocycles. The Morgan fingerprint density at radius 3 is 2.70 bits per heavy atom. The number of pyridine rings is 1. The van der Waals surface area contributed by atoms with Crippen LogP contribution in [0.4, 0.5) is 20.2 Å². The Labute approximate surface area is 235 Å². The van der Waals surface area contributed by atoms with Crippen LogP contribution in [-0.2, 0) is 5.54 Å². The van der Waals surface area contributed by atoms with Crippen molar-refractivity contribution in [3.63, 3.8) is 0 Å². The van der Waals surface area contributed by atoms with Gasteiger partial charge in [-0.2, -0.15) is 5.10 Å². The van der Waals surface area contributed by atoms with Crippen LogP contribution in [0.2, 0.25) is 5.02 Å². The van der Waals surface area contributed by atoms with E-state index in [1.807, 2.05) is 43.3 Å². The summed E-state index contributed by atoms with van der Waals surface area (Å²) >= 11 is 6.75. The third-order valence-electron chi connectivity index (χ3n) is 7.46. The molecule has 0 unspecified atom stereocenters. The molecule has 0 spiro atoms. The molecule has 0 radical (unpaired) electrons. The van der Waals surface area contributed by atoms with E-state index in [1.165, 1.54) is 4.68 Å². The van der Waals surface area contributed by atoms with Crippen LogP contribution in [0.3, 0.4) is 0 Å². The molecule has 8 nitrogen and oxygen atoms in total. The second-order valence-corrected chi connectivity index (χ2v) is 12.2. The summed E-state index contributed by atoms with van der Waals surface area (Å²) in [4.78, 5) is 4.51. The molecule has 1 atom stereocenters. The highest BCUT2D eigenvalue weighted by molar-refractivity contribution is 6.35. The molecule has 5 aromatic rings. The van der Waals surface area contributed by atoms with Crippen molar-refractivity contribution in [2.24, 2.45) is 5.41 Å². The summed E-state index contributed by atoms with van der Waals surface area (Å²) in [7, 11) is 0. The number of aromatic nitrogens is 6. The van der Waals surface area contributed by atoms with E-state index in [9.17, 15) is 8.78 Å². The molecule has 1 saturated carbocycles. The number of nitrogens with one attached hydrogen (secondary N) is 3. The smallest absolute Gasteiger partial charge is 0.263 e. The van der Waals surface area contributed by atoms with Crippen molar-refractivity contribution in [3.05, 3.63) is 70.8 Å². The molecular formula is C29H31ClF2N8. The standard InChI is InChI=1S/C29H31ClF2N8/c1-16-24-18(6-5-7-22(24)37-36-16)26(23-14-40(39-38-23)29(9-10-29)27(31)32)35-17-12-19-21(34-15-28(2,3)4)8-11-33-25(19)20(30)13-17/h5-8,11-14,26-27,35H,9-10,15H2,1-4H3,(H,33,34)(H,36,37)/t26-/m0/s1. The summed E-state index contributed by atoms with van der Waals surface area (Å²) in [6.07, 6.45) is 1.61. The number of benzene rings is 2. The van der Waals surface area contributed by atoms with Gasteiger partial charge < -0.3 is 10.6 Å². The van der Waals surface area contributed by atoms with Crippen LogP contribution < -0.4 is 10.6 Å². The Morgan fingerprint density at radius 1 is 1.18 bits per heavy atom. The zero-order chi connectivity index (χ0) is 28.2. The van der Waals surface area contributed by atoms with Crippen LogP contribution in [-0.4, -0.2) is 43.1 Å². The van der Waals surface area contributed by atoms with E-state index in [0.29, 0.717) is 29.1 Å². The molecule has 6 rings (SSSR count). The molecule has 40 heavy (non-hydrogen) atoms. The molecule has 3 aromatic heterocycles. The van der Waals surface area contributed by atoms with Crippen molar-refractivity contribution in [2.45, 2.75) is 58.5 Å². The number of hydrogen-bond acceptors (Lipinski definition) is 6. The van der Waals surface area contributed by atoms with Crippen LogP contribution in [0.5, 0.6) is 0 Å². The Balaban J connectivity index is 1.45. The fourth-order valence-corrected chi connectivity index (χ4v) is 5.37. The summed E-state index contributed by atoms with van der Waals surface area (Å²) in [5.74, 6) is 0. The number of aromatic amines is 1. The van der Waals surface area contributed by atoms with Gasteiger partial charge in [0.2, 0.25) is 0 Å². The average molecular weight is 565 g/mol. The summed E-state index contributed by atoms with van der Waals surface area (Å²) in [5.41, 5.74) is 4.25.